The van der Waals surface area contributed by atoms with Gasteiger partial charge in [0.25, 0.3) is 0 Å². The number of ether oxygens (including phenoxy) is 6. The van der Waals surface area contributed by atoms with E-state index < -0.39 is 47.8 Å². The summed E-state index contributed by atoms with van der Waals surface area (Å²) in [6.45, 7) is 20.0. The zero-order chi connectivity index (χ0) is 97.5. The molecule has 698 valence electrons. The van der Waals surface area contributed by atoms with Crippen molar-refractivity contribution in [3.05, 3.63) is 311 Å². The summed E-state index contributed by atoms with van der Waals surface area (Å²) in [7, 11) is 0. The van der Waals surface area contributed by atoms with E-state index in [4.69, 9.17) is 56.1 Å². The number of aliphatic hydroxyl groups is 4. The third-order valence-corrected chi connectivity index (χ3v) is 17.7. The van der Waals surface area contributed by atoms with Crippen molar-refractivity contribution in [1.82, 2.24) is 45.5 Å². The Morgan fingerprint density at radius 1 is 0.391 bits per heavy atom. The molecule has 0 aliphatic heterocycles. The number of carbonyl (C=O) groups is 3. The van der Waals surface area contributed by atoms with Gasteiger partial charge in [-0.1, -0.05) is 11.6 Å². The number of halogens is 7. The second-order valence-corrected chi connectivity index (χ2v) is 30.9. The minimum absolute atomic E-state index is 0.000933. The van der Waals surface area contributed by atoms with Crippen molar-refractivity contribution in [2.45, 2.75) is 112 Å². The molecule has 6 aromatic carbocycles. The number of benzene rings is 6. The second-order valence-electron chi connectivity index (χ2n) is 30.5. The van der Waals surface area contributed by atoms with Crippen LogP contribution in [0.2, 0.25) is 5.15 Å². The summed E-state index contributed by atoms with van der Waals surface area (Å²) in [5, 5.41) is 80.3. The normalized spacial score (nSPS) is 11.5. The number of aromatic hydroxyl groups is 3. The highest BCUT2D eigenvalue weighted by Gasteiger charge is 2.22. The number of nitriles is 1. The number of nitrogens with one attached hydrogen (secondary N) is 2. The van der Waals surface area contributed by atoms with E-state index in [0.717, 1.165) is 5.56 Å². The quantitative estimate of drug-likeness (QED) is 0.0116. The number of Topliss-reactive ketones (excluding diaryl/α,β-unsaturated/α-hetero) is 1. The minimum Gasteiger partial charge on any atom is -0.506 e. The molecule has 0 aliphatic carbocycles. The van der Waals surface area contributed by atoms with Crippen LogP contribution in [0.15, 0.2) is 243 Å². The highest BCUT2D eigenvalue weighted by molar-refractivity contribution is 6.30. The molecule has 2 amide bonds. The van der Waals surface area contributed by atoms with Gasteiger partial charge in [-0.2, -0.15) is 5.26 Å². The van der Waals surface area contributed by atoms with Crippen molar-refractivity contribution in [1.29, 1.82) is 5.26 Å². The first-order chi connectivity index (χ1) is 63.2. The number of carbonyl (C=O) groups excluding carboxylic acids is 3. The SMILES string of the molecule is CC(=O)c1ccc(OCCNC(=O)OC(C)(C)C)c(-c2ccc(F)cc2)n1.CC(O)c1ccc(O)c(-c2ccc(F)cc2)n1.CC(O)c1ccc(OCC#N)c(-c2ccc(F)cc2)n1.CC(O)c1ccc(OCCN)c(-c2ccc(F)cc2)n1.CC(O)c1ccc(OCCNC(=O)OC(C)(C)C)c(-c2ccc(F)cc2)n1.Oc1cccnc1-c1ccc(F)cc1.Oc1cccnc1Cl. The fourth-order valence-corrected chi connectivity index (χ4v) is 11.2. The molecule has 11 N–H and O–H groups in total. The molecule has 27 nitrogen and oxygen atoms in total. The van der Waals surface area contributed by atoms with Crippen LogP contribution in [0.25, 0.3) is 67.5 Å². The summed E-state index contributed by atoms with van der Waals surface area (Å²) in [4.78, 5) is 64.1. The topological polar surface area (TPSA) is 412 Å². The lowest BCUT2D eigenvalue weighted by molar-refractivity contribution is 0.0509. The molecule has 0 radical (unpaired) electrons. The molecular formula is C99H102ClF6N11O16. The average molecular weight is 1850 g/mol. The zero-order valence-corrected chi connectivity index (χ0v) is 75.2. The number of hydrogen-bond acceptors (Lipinski definition) is 25. The summed E-state index contributed by atoms with van der Waals surface area (Å²) >= 11 is 5.35. The third kappa shape index (κ3) is 36.0. The van der Waals surface area contributed by atoms with E-state index in [0.29, 0.717) is 121 Å². The van der Waals surface area contributed by atoms with Gasteiger partial charge in [0, 0.05) is 59.2 Å². The van der Waals surface area contributed by atoms with Gasteiger partial charge in [-0.05, 0) is 300 Å². The number of ketones is 1. The van der Waals surface area contributed by atoms with Crippen molar-refractivity contribution < 1.29 is 105 Å². The first-order valence-corrected chi connectivity index (χ1v) is 41.6. The van der Waals surface area contributed by atoms with Gasteiger partial charge in [0.1, 0.15) is 146 Å². The molecule has 4 unspecified atom stereocenters. The predicted molar refractivity (Wildman–Crippen MR) is 490 cm³/mol. The van der Waals surface area contributed by atoms with E-state index >= 15 is 0 Å². The molecular weight excluding hydrogens is 1750 g/mol. The molecule has 4 atom stereocenters. The van der Waals surface area contributed by atoms with Crippen molar-refractivity contribution in [2.75, 3.05) is 46.1 Å². The maximum absolute atomic E-state index is 13.2. The van der Waals surface area contributed by atoms with E-state index in [9.17, 15) is 71.4 Å². The van der Waals surface area contributed by atoms with Gasteiger partial charge in [-0.3, -0.25) is 9.78 Å². The van der Waals surface area contributed by atoms with Crippen molar-refractivity contribution in [2.24, 2.45) is 5.73 Å². The van der Waals surface area contributed by atoms with Crippen LogP contribution in [0.5, 0.6) is 40.2 Å². The van der Waals surface area contributed by atoms with E-state index in [1.165, 1.54) is 110 Å². The molecule has 0 bridgehead atoms. The van der Waals surface area contributed by atoms with Gasteiger partial charge < -0.3 is 80.5 Å². The van der Waals surface area contributed by atoms with E-state index in [2.05, 4.69) is 45.5 Å². The molecule has 0 aliphatic rings. The maximum Gasteiger partial charge on any atom is 0.407 e. The van der Waals surface area contributed by atoms with Crippen molar-refractivity contribution >= 4 is 29.6 Å². The number of amides is 2. The molecule has 13 aromatic rings. The number of nitrogens with two attached hydrogens (primary N) is 1. The van der Waals surface area contributed by atoms with Crippen LogP contribution in [0, 0.1) is 46.2 Å². The fourth-order valence-electron chi connectivity index (χ4n) is 11.1. The molecule has 133 heavy (non-hydrogen) atoms. The second kappa shape index (κ2) is 52.3. The number of pyridine rings is 7. The number of aromatic nitrogens is 7. The molecule has 0 spiro atoms. The van der Waals surface area contributed by atoms with E-state index in [1.807, 2.05) is 6.07 Å². The van der Waals surface area contributed by atoms with Crippen LogP contribution in [0.1, 0.15) is 134 Å². The van der Waals surface area contributed by atoms with Crippen molar-refractivity contribution in [3.63, 3.8) is 0 Å². The lowest BCUT2D eigenvalue weighted by Crippen LogP contribution is -2.34. The molecule has 34 heteroatoms. The first-order valence-electron chi connectivity index (χ1n) is 41.2. The van der Waals surface area contributed by atoms with Crippen LogP contribution in [0.3, 0.4) is 0 Å². The Morgan fingerprint density at radius 2 is 0.677 bits per heavy atom. The zero-order valence-electron chi connectivity index (χ0n) is 74.5. The summed E-state index contributed by atoms with van der Waals surface area (Å²) in [5.41, 5.74) is 13.2. The predicted octanol–water partition coefficient (Wildman–Crippen LogP) is 19.6. The van der Waals surface area contributed by atoms with Gasteiger partial charge >= 0.3 is 12.2 Å². The molecule has 0 fully saturated rings. The Bertz CT molecular complexity index is 5900. The smallest absolute Gasteiger partial charge is 0.407 e. The summed E-state index contributed by atoms with van der Waals surface area (Å²) in [6, 6.07) is 59.3. The molecule has 7 heterocycles. The van der Waals surface area contributed by atoms with Crippen LogP contribution < -0.4 is 35.3 Å². The number of aliphatic hydroxyl groups excluding tert-OH is 4. The van der Waals surface area contributed by atoms with Gasteiger partial charge in [0.05, 0.1) is 60.3 Å². The summed E-state index contributed by atoms with van der Waals surface area (Å²) < 4.78 is 110. The van der Waals surface area contributed by atoms with Crippen LogP contribution >= 0.6 is 11.6 Å². The fraction of sp³-hybridized carbons (Fsp3) is 0.242. The van der Waals surface area contributed by atoms with Crippen molar-refractivity contribution in [3.8, 4) is 114 Å². The largest absolute Gasteiger partial charge is 0.506 e. The highest BCUT2D eigenvalue weighted by Crippen LogP contribution is 2.36. The Morgan fingerprint density at radius 3 is 0.977 bits per heavy atom. The third-order valence-electron chi connectivity index (χ3n) is 17.4. The Hall–Kier alpha value is -14.7. The summed E-state index contributed by atoms with van der Waals surface area (Å²) in [5.74, 6) is -0.219. The van der Waals surface area contributed by atoms with Crippen LogP contribution in [0.4, 0.5) is 35.9 Å². The number of rotatable bonds is 24. The minimum atomic E-state index is -0.743. The number of hydrogen-bond donors (Lipinski definition) is 10. The van der Waals surface area contributed by atoms with E-state index in [-0.39, 0.29) is 102 Å². The molecule has 13 rings (SSSR count). The maximum atomic E-state index is 13.2. The van der Waals surface area contributed by atoms with E-state index in [1.54, 1.807) is 209 Å². The molecule has 0 saturated carbocycles. The number of nitrogens with zero attached hydrogens (tertiary/aromatic N) is 8. The lowest BCUT2D eigenvalue weighted by atomic mass is 10.1. The molecule has 0 saturated heterocycles. The first kappa shape index (κ1) is 105. The monoisotopic (exact) mass is 1850 g/mol. The molecule has 7 aromatic heterocycles. The van der Waals surface area contributed by atoms with Gasteiger partial charge in [0.2, 0.25) is 0 Å². The Kier molecular flexibility index (Phi) is 41.4. The van der Waals surface area contributed by atoms with Gasteiger partial charge in [0.15, 0.2) is 23.3 Å². The standard InChI is InChI=1S/C20H25FN2O4.C20H23FN2O4.C15H17FN2O2.C15H13FN2O2.C13H12FNO2.C11H8FNO.C5H4ClNO/c2*1-13(24)16-9-10-17(18(23-16)14-5-7-15(21)8-6-14)26-12-11-22-19(25)27-20(2,3)4;2*1-10(19)13-6-7-14(20-9-8-17)15(18-13)11-2-4-12(16)5-3-11;1-8(16)11-6-7-12(17)13(15-11)9-2-4-10(14)5-3-9;12-9-5-3-8(4-6-9)11-10(14)2-1-7-13-11;6-5-4(8)2-1-3-7-5/h5-10,13,24H,11-12H2,1-4H3,(H,22,25);5-10H,11-12H2,1-4H3,(H,22,25);2-7,10,19H,8-9,17H2,1H3;2-7,10,19H,9H2,1H3;2-8,16-17H,1H3;1-7,14H;1-3,8H. The Labute approximate surface area is 770 Å². The van der Waals surface area contributed by atoms with Crippen LogP contribution in [-0.4, -0.2) is 146 Å². The highest BCUT2D eigenvalue weighted by atomic mass is 35.5. The van der Waals surface area contributed by atoms with Gasteiger partial charge in [-0.15, -0.1) is 0 Å². The average Bonchev–Trinajstić information content (AvgIpc) is 0.838. The number of alkyl carbamates (subject to hydrolysis) is 2. The lowest BCUT2D eigenvalue weighted by Gasteiger charge is -2.20. The summed E-state index contributed by atoms with van der Waals surface area (Å²) in [6.07, 6.45) is -0.818. The van der Waals surface area contributed by atoms with Gasteiger partial charge in [-0.25, -0.2) is 65.8 Å². The van der Waals surface area contributed by atoms with Crippen LogP contribution in [-0.2, 0) is 9.47 Å². The Balaban J connectivity index is 0.000000216.